The van der Waals surface area contributed by atoms with Crippen LogP contribution in [0.15, 0.2) is 24.3 Å². The van der Waals surface area contributed by atoms with E-state index in [1.165, 1.54) is 0 Å². The highest BCUT2D eigenvalue weighted by atomic mass is 16.2. The fourth-order valence-electron chi connectivity index (χ4n) is 1.95. The van der Waals surface area contributed by atoms with E-state index in [0.29, 0.717) is 12.0 Å². The number of carbonyl (C=O) groups excluding carboxylic acids is 1. The standard InChI is InChI=1S/C15H24N2O/c1-6-14(11(2)3)16-13-9-7-8-12(10-13)15(18)17(4)5/h7-11,14,16H,6H2,1-5H3. The summed E-state index contributed by atoms with van der Waals surface area (Å²) in [6.07, 6.45) is 1.07. The van der Waals surface area contributed by atoms with Gasteiger partial charge in [-0.2, -0.15) is 0 Å². The van der Waals surface area contributed by atoms with Gasteiger partial charge in [0.25, 0.3) is 5.91 Å². The molecule has 0 bridgehead atoms. The largest absolute Gasteiger partial charge is 0.382 e. The van der Waals surface area contributed by atoms with Crippen LogP contribution in [-0.2, 0) is 0 Å². The zero-order valence-electron chi connectivity index (χ0n) is 12.0. The van der Waals surface area contributed by atoms with Crippen LogP contribution >= 0.6 is 0 Å². The van der Waals surface area contributed by atoms with Crippen molar-refractivity contribution >= 4 is 11.6 Å². The molecule has 3 nitrogen and oxygen atoms in total. The Balaban J connectivity index is 2.85. The van der Waals surface area contributed by atoms with Gasteiger partial charge in [-0.1, -0.05) is 26.8 Å². The zero-order valence-corrected chi connectivity index (χ0v) is 12.0. The number of nitrogens with zero attached hydrogens (tertiary/aromatic N) is 1. The summed E-state index contributed by atoms with van der Waals surface area (Å²) in [5.74, 6) is 0.611. The maximum absolute atomic E-state index is 11.9. The molecule has 0 heterocycles. The molecule has 100 valence electrons. The predicted octanol–water partition coefficient (Wildman–Crippen LogP) is 3.23. The van der Waals surface area contributed by atoms with Gasteiger partial charge in [0.05, 0.1) is 0 Å². The van der Waals surface area contributed by atoms with Gasteiger partial charge in [0.1, 0.15) is 0 Å². The number of hydrogen-bond acceptors (Lipinski definition) is 2. The molecule has 0 aliphatic carbocycles. The number of nitrogens with one attached hydrogen (secondary N) is 1. The number of amides is 1. The molecule has 3 heteroatoms. The zero-order chi connectivity index (χ0) is 13.7. The Morgan fingerprint density at radius 2 is 2.00 bits per heavy atom. The lowest BCUT2D eigenvalue weighted by Gasteiger charge is -2.22. The van der Waals surface area contributed by atoms with Crippen molar-refractivity contribution in [2.24, 2.45) is 5.92 Å². The van der Waals surface area contributed by atoms with Gasteiger partial charge in [-0.05, 0) is 30.5 Å². The molecule has 0 fully saturated rings. The number of rotatable bonds is 5. The van der Waals surface area contributed by atoms with Crippen molar-refractivity contribution in [2.45, 2.75) is 33.2 Å². The predicted molar refractivity (Wildman–Crippen MR) is 77.0 cm³/mol. The van der Waals surface area contributed by atoms with E-state index in [1.807, 2.05) is 24.3 Å². The summed E-state index contributed by atoms with van der Waals surface area (Å²) in [4.78, 5) is 13.5. The molecule has 1 aromatic carbocycles. The first-order chi connectivity index (χ1) is 8.45. The lowest BCUT2D eigenvalue weighted by molar-refractivity contribution is 0.0827. The Hall–Kier alpha value is -1.51. The Bertz CT molecular complexity index is 399. The highest BCUT2D eigenvalue weighted by molar-refractivity contribution is 5.94. The van der Waals surface area contributed by atoms with Gasteiger partial charge in [0.15, 0.2) is 0 Å². The summed E-state index contributed by atoms with van der Waals surface area (Å²) in [6, 6.07) is 8.15. The first-order valence-electron chi connectivity index (χ1n) is 6.54. The first-order valence-corrected chi connectivity index (χ1v) is 6.54. The van der Waals surface area contributed by atoms with Gasteiger partial charge in [-0.15, -0.1) is 0 Å². The van der Waals surface area contributed by atoms with Crippen LogP contribution in [0.1, 0.15) is 37.6 Å². The van der Waals surface area contributed by atoms with E-state index in [0.717, 1.165) is 17.7 Å². The monoisotopic (exact) mass is 248 g/mol. The van der Waals surface area contributed by atoms with Crippen LogP contribution < -0.4 is 5.32 Å². The second-order valence-corrected chi connectivity index (χ2v) is 5.18. The normalized spacial score (nSPS) is 12.3. The maximum atomic E-state index is 11.9. The van der Waals surface area contributed by atoms with Gasteiger partial charge in [-0.25, -0.2) is 0 Å². The fourth-order valence-corrected chi connectivity index (χ4v) is 1.95. The molecular formula is C15H24N2O. The second kappa shape index (κ2) is 6.43. The van der Waals surface area contributed by atoms with Crippen molar-refractivity contribution < 1.29 is 4.79 Å². The van der Waals surface area contributed by atoms with Crippen LogP contribution in [0.4, 0.5) is 5.69 Å². The molecule has 0 aromatic heterocycles. The Labute approximate surface area is 110 Å². The summed E-state index contributed by atoms with van der Waals surface area (Å²) in [5.41, 5.74) is 1.74. The molecule has 0 aliphatic rings. The van der Waals surface area contributed by atoms with Crippen molar-refractivity contribution in [1.29, 1.82) is 0 Å². The highest BCUT2D eigenvalue weighted by Crippen LogP contribution is 2.17. The van der Waals surface area contributed by atoms with Gasteiger partial charge < -0.3 is 10.2 Å². The van der Waals surface area contributed by atoms with E-state index in [4.69, 9.17) is 0 Å². The molecule has 1 N–H and O–H groups in total. The summed E-state index contributed by atoms with van der Waals surface area (Å²) in [7, 11) is 3.54. The van der Waals surface area contributed by atoms with Gasteiger partial charge >= 0.3 is 0 Å². The van der Waals surface area contributed by atoms with E-state index < -0.39 is 0 Å². The maximum Gasteiger partial charge on any atom is 0.253 e. The summed E-state index contributed by atoms with van der Waals surface area (Å²) in [5, 5.41) is 3.49. The SMILES string of the molecule is CCC(Nc1cccc(C(=O)N(C)C)c1)C(C)C. The topological polar surface area (TPSA) is 32.3 Å². The van der Waals surface area contributed by atoms with Crippen molar-refractivity contribution in [3.63, 3.8) is 0 Å². The second-order valence-electron chi connectivity index (χ2n) is 5.18. The third kappa shape index (κ3) is 3.76. The van der Waals surface area contributed by atoms with Crippen LogP contribution in [-0.4, -0.2) is 30.9 Å². The lowest BCUT2D eigenvalue weighted by atomic mass is 10.0. The minimum absolute atomic E-state index is 0.0382. The van der Waals surface area contributed by atoms with Crippen molar-refractivity contribution in [2.75, 3.05) is 19.4 Å². The smallest absolute Gasteiger partial charge is 0.253 e. The van der Waals surface area contributed by atoms with E-state index in [2.05, 4.69) is 26.1 Å². The van der Waals surface area contributed by atoms with Gasteiger partial charge in [0.2, 0.25) is 0 Å². The van der Waals surface area contributed by atoms with Crippen molar-refractivity contribution in [1.82, 2.24) is 4.90 Å². The lowest BCUT2D eigenvalue weighted by Crippen LogP contribution is -2.25. The molecule has 1 aromatic rings. The molecule has 1 amide bonds. The van der Waals surface area contributed by atoms with Crippen LogP contribution in [0.3, 0.4) is 0 Å². The Morgan fingerprint density at radius 3 is 2.50 bits per heavy atom. The van der Waals surface area contributed by atoms with Gasteiger partial charge in [0, 0.05) is 31.4 Å². The average Bonchev–Trinajstić information content (AvgIpc) is 2.34. The highest BCUT2D eigenvalue weighted by Gasteiger charge is 2.12. The molecule has 18 heavy (non-hydrogen) atoms. The third-order valence-electron chi connectivity index (χ3n) is 3.11. The molecule has 1 rings (SSSR count). The molecule has 0 saturated heterocycles. The fraction of sp³-hybridized carbons (Fsp3) is 0.533. The van der Waals surface area contributed by atoms with Crippen LogP contribution in [0.5, 0.6) is 0 Å². The van der Waals surface area contributed by atoms with E-state index >= 15 is 0 Å². The third-order valence-corrected chi connectivity index (χ3v) is 3.11. The van der Waals surface area contributed by atoms with Crippen molar-refractivity contribution in [3.8, 4) is 0 Å². The minimum atomic E-state index is 0.0382. The number of carbonyl (C=O) groups is 1. The molecule has 0 aliphatic heterocycles. The Morgan fingerprint density at radius 1 is 1.33 bits per heavy atom. The van der Waals surface area contributed by atoms with Crippen LogP contribution in [0.2, 0.25) is 0 Å². The van der Waals surface area contributed by atoms with Crippen LogP contribution in [0, 0.1) is 5.92 Å². The van der Waals surface area contributed by atoms with E-state index in [1.54, 1.807) is 19.0 Å². The molecule has 1 atom stereocenters. The minimum Gasteiger partial charge on any atom is -0.382 e. The summed E-state index contributed by atoms with van der Waals surface area (Å²) < 4.78 is 0. The quantitative estimate of drug-likeness (QED) is 0.867. The number of hydrogen-bond donors (Lipinski definition) is 1. The molecule has 1 unspecified atom stereocenters. The summed E-state index contributed by atoms with van der Waals surface area (Å²) >= 11 is 0. The van der Waals surface area contributed by atoms with Crippen LogP contribution in [0.25, 0.3) is 0 Å². The number of anilines is 1. The van der Waals surface area contributed by atoms with Gasteiger partial charge in [-0.3, -0.25) is 4.79 Å². The average molecular weight is 248 g/mol. The number of benzene rings is 1. The molecule has 0 spiro atoms. The van der Waals surface area contributed by atoms with E-state index in [-0.39, 0.29) is 5.91 Å². The summed E-state index contributed by atoms with van der Waals surface area (Å²) in [6.45, 7) is 6.58. The Kier molecular flexibility index (Phi) is 5.20. The first kappa shape index (κ1) is 14.6. The molecular weight excluding hydrogens is 224 g/mol. The van der Waals surface area contributed by atoms with Crippen molar-refractivity contribution in [3.05, 3.63) is 29.8 Å². The van der Waals surface area contributed by atoms with E-state index in [9.17, 15) is 4.79 Å². The molecule has 0 radical (unpaired) electrons. The molecule has 0 saturated carbocycles.